The number of carbonyl (C=O) groups is 2. The lowest BCUT2D eigenvalue weighted by Gasteiger charge is -2.37. The van der Waals surface area contributed by atoms with Gasteiger partial charge in [0.2, 0.25) is 5.91 Å². The van der Waals surface area contributed by atoms with Crippen LogP contribution in [0.3, 0.4) is 0 Å². The maximum absolute atomic E-state index is 13.3. The van der Waals surface area contributed by atoms with E-state index < -0.39 is 11.7 Å². The molecule has 1 aliphatic rings. The van der Waals surface area contributed by atoms with Crippen molar-refractivity contribution in [3.8, 4) is 0 Å². The van der Waals surface area contributed by atoms with Gasteiger partial charge in [-0.3, -0.25) is 9.59 Å². The van der Waals surface area contributed by atoms with Crippen molar-refractivity contribution in [1.29, 1.82) is 0 Å². The maximum Gasteiger partial charge on any atom is 0.252 e. The van der Waals surface area contributed by atoms with E-state index in [4.69, 9.17) is 4.74 Å². The highest BCUT2D eigenvalue weighted by atomic mass is 79.9. The molecule has 1 saturated heterocycles. The zero-order valence-electron chi connectivity index (χ0n) is 15.5. The first-order valence-corrected chi connectivity index (χ1v) is 9.95. The third-order valence-corrected chi connectivity index (χ3v) is 5.27. The van der Waals surface area contributed by atoms with Crippen LogP contribution in [0.4, 0.5) is 4.39 Å². The van der Waals surface area contributed by atoms with Gasteiger partial charge in [0.15, 0.2) is 0 Å². The molecule has 148 valence electrons. The molecule has 28 heavy (non-hydrogen) atoms. The first-order chi connectivity index (χ1) is 13.4. The molecule has 2 amide bonds. The maximum atomic E-state index is 13.3. The van der Waals surface area contributed by atoms with E-state index in [1.54, 1.807) is 4.90 Å². The number of hydrogen-bond acceptors (Lipinski definition) is 3. The number of carbonyl (C=O) groups excluding carboxylic acids is 2. The topological polar surface area (TPSA) is 58.6 Å². The smallest absolute Gasteiger partial charge is 0.252 e. The SMILES string of the molecule is CC1CN(C(=O)CCNC(=O)c2cc(F)ccc2Br)CC(c2ccccc2)O1. The molecule has 5 nitrogen and oxygen atoms in total. The van der Waals surface area contributed by atoms with Gasteiger partial charge in [-0.05, 0) is 46.6 Å². The predicted octanol–water partition coefficient (Wildman–Crippen LogP) is 3.70. The Morgan fingerprint density at radius 2 is 1.96 bits per heavy atom. The number of morpholine rings is 1. The fourth-order valence-electron chi connectivity index (χ4n) is 3.21. The van der Waals surface area contributed by atoms with Gasteiger partial charge in [-0.2, -0.15) is 0 Å². The number of hydrogen-bond donors (Lipinski definition) is 1. The number of ether oxygens (including phenoxy) is 1. The Morgan fingerprint density at radius 3 is 2.71 bits per heavy atom. The average Bonchev–Trinajstić information content (AvgIpc) is 2.69. The molecular formula is C21H22BrFN2O3. The molecule has 0 aliphatic carbocycles. The Balaban J connectivity index is 1.54. The Bertz CT molecular complexity index is 847. The van der Waals surface area contributed by atoms with E-state index in [1.807, 2.05) is 37.3 Å². The summed E-state index contributed by atoms with van der Waals surface area (Å²) in [6, 6.07) is 13.7. The summed E-state index contributed by atoms with van der Waals surface area (Å²) < 4.78 is 19.8. The van der Waals surface area contributed by atoms with Gasteiger partial charge in [-0.1, -0.05) is 30.3 Å². The second-order valence-corrected chi connectivity index (χ2v) is 7.63. The summed E-state index contributed by atoms with van der Waals surface area (Å²) >= 11 is 3.23. The van der Waals surface area contributed by atoms with E-state index >= 15 is 0 Å². The Morgan fingerprint density at radius 1 is 1.21 bits per heavy atom. The lowest BCUT2D eigenvalue weighted by atomic mass is 10.1. The van der Waals surface area contributed by atoms with Crippen LogP contribution < -0.4 is 5.32 Å². The van der Waals surface area contributed by atoms with Crippen LogP contribution in [0.1, 0.15) is 35.4 Å². The summed E-state index contributed by atoms with van der Waals surface area (Å²) in [6.07, 6.45) is -0.0557. The molecule has 2 unspecified atom stereocenters. The number of benzene rings is 2. The van der Waals surface area contributed by atoms with Crippen LogP contribution in [0.25, 0.3) is 0 Å². The predicted molar refractivity (Wildman–Crippen MR) is 107 cm³/mol. The Labute approximate surface area is 172 Å². The molecule has 2 aromatic rings. The second-order valence-electron chi connectivity index (χ2n) is 6.77. The summed E-state index contributed by atoms with van der Waals surface area (Å²) in [5.74, 6) is -0.954. The fourth-order valence-corrected chi connectivity index (χ4v) is 3.64. The molecule has 1 heterocycles. The van der Waals surface area contributed by atoms with Crippen LogP contribution in [0.15, 0.2) is 53.0 Å². The highest BCUT2D eigenvalue weighted by Gasteiger charge is 2.29. The molecule has 0 spiro atoms. The molecule has 2 atom stereocenters. The molecule has 1 fully saturated rings. The number of halogens is 2. The van der Waals surface area contributed by atoms with Crippen LogP contribution in [-0.2, 0) is 9.53 Å². The standard InChI is InChI=1S/C21H22BrFN2O3/c1-14-12-25(13-19(28-14)15-5-3-2-4-6-15)20(26)9-10-24-21(27)17-11-16(23)7-8-18(17)22/h2-8,11,14,19H,9-10,12-13H2,1H3,(H,24,27). The number of nitrogens with one attached hydrogen (secondary N) is 1. The molecule has 3 rings (SSSR count). The first-order valence-electron chi connectivity index (χ1n) is 9.15. The summed E-state index contributed by atoms with van der Waals surface area (Å²) in [7, 11) is 0. The van der Waals surface area contributed by atoms with Gasteiger partial charge in [0.1, 0.15) is 11.9 Å². The van der Waals surface area contributed by atoms with E-state index in [1.165, 1.54) is 12.1 Å². The molecule has 0 radical (unpaired) electrons. The van der Waals surface area contributed by atoms with Gasteiger partial charge in [0.05, 0.1) is 18.2 Å². The number of nitrogens with zero attached hydrogens (tertiary/aromatic N) is 1. The summed E-state index contributed by atoms with van der Waals surface area (Å²) in [5.41, 5.74) is 1.24. The van der Waals surface area contributed by atoms with Crippen molar-refractivity contribution in [2.75, 3.05) is 19.6 Å². The highest BCUT2D eigenvalue weighted by Crippen LogP contribution is 2.25. The van der Waals surface area contributed by atoms with Crippen LogP contribution in [0.2, 0.25) is 0 Å². The van der Waals surface area contributed by atoms with Crippen molar-refractivity contribution in [3.63, 3.8) is 0 Å². The third kappa shape index (κ3) is 5.17. The molecular weight excluding hydrogens is 427 g/mol. The summed E-state index contributed by atoms with van der Waals surface area (Å²) in [5, 5.41) is 2.68. The van der Waals surface area contributed by atoms with Crippen molar-refractivity contribution in [3.05, 3.63) is 69.9 Å². The number of amides is 2. The highest BCUT2D eigenvalue weighted by molar-refractivity contribution is 9.10. The zero-order valence-corrected chi connectivity index (χ0v) is 17.1. The van der Waals surface area contributed by atoms with E-state index in [9.17, 15) is 14.0 Å². The van der Waals surface area contributed by atoms with Crippen LogP contribution in [0.5, 0.6) is 0 Å². The zero-order chi connectivity index (χ0) is 20.1. The third-order valence-electron chi connectivity index (χ3n) is 4.58. The first kappa shape index (κ1) is 20.5. The molecule has 7 heteroatoms. The molecule has 2 aromatic carbocycles. The van der Waals surface area contributed by atoms with Gasteiger partial charge < -0.3 is 15.0 Å². The van der Waals surface area contributed by atoms with Gasteiger partial charge in [0.25, 0.3) is 5.91 Å². The molecule has 0 bridgehead atoms. The van der Waals surface area contributed by atoms with Crippen LogP contribution in [-0.4, -0.2) is 42.5 Å². The van der Waals surface area contributed by atoms with Crippen molar-refractivity contribution in [2.45, 2.75) is 25.6 Å². The Kier molecular flexibility index (Phi) is 6.80. The second kappa shape index (κ2) is 9.30. The summed E-state index contributed by atoms with van der Waals surface area (Å²) in [4.78, 5) is 26.6. The van der Waals surface area contributed by atoms with Crippen molar-refractivity contribution in [1.82, 2.24) is 10.2 Å². The Hall–Kier alpha value is -2.25. The average molecular weight is 449 g/mol. The van der Waals surface area contributed by atoms with E-state index in [0.717, 1.165) is 11.6 Å². The van der Waals surface area contributed by atoms with Crippen LogP contribution in [0, 0.1) is 5.82 Å². The van der Waals surface area contributed by atoms with Gasteiger partial charge in [-0.15, -0.1) is 0 Å². The number of rotatable bonds is 5. The minimum Gasteiger partial charge on any atom is -0.367 e. The monoisotopic (exact) mass is 448 g/mol. The van der Waals surface area contributed by atoms with E-state index in [0.29, 0.717) is 17.6 Å². The van der Waals surface area contributed by atoms with Gasteiger partial charge >= 0.3 is 0 Å². The van der Waals surface area contributed by atoms with Gasteiger partial charge in [0, 0.05) is 24.0 Å². The van der Waals surface area contributed by atoms with Crippen molar-refractivity contribution in [2.24, 2.45) is 0 Å². The molecule has 1 N–H and O–H groups in total. The largest absolute Gasteiger partial charge is 0.367 e. The summed E-state index contributed by atoms with van der Waals surface area (Å²) in [6.45, 7) is 3.13. The quantitative estimate of drug-likeness (QED) is 0.758. The lowest BCUT2D eigenvalue weighted by Crippen LogP contribution is -2.46. The minimum absolute atomic E-state index is 0.0466. The normalized spacial score (nSPS) is 19.3. The molecule has 0 aromatic heterocycles. The van der Waals surface area contributed by atoms with E-state index in [2.05, 4.69) is 21.2 Å². The molecule has 1 aliphatic heterocycles. The fraction of sp³-hybridized carbons (Fsp3) is 0.333. The van der Waals surface area contributed by atoms with Crippen LogP contribution >= 0.6 is 15.9 Å². The lowest BCUT2D eigenvalue weighted by molar-refractivity contribution is -0.144. The van der Waals surface area contributed by atoms with Gasteiger partial charge in [-0.25, -0.2) is 4.39 Å². The molecule has 0 saturated carbocycles. The van der Waals surface area contributed by atoms with Crippen molar-refractivity contribution >= 4 is 27.7 Å². The van der Waals surface area contributed by atoms with E-state index in [-0.39, 0.29) is 36.6 Å². The minimum atomic E-state index is -0.487. The van der Waals surface area contributed by atoms with Crippen molar-refractivity contribution < 1.29 is 18.7 Å².